The lowest BCUT2D eigenvalue weighted by molar-refractivity contribution is -0.159. The summed E-state index contributed by atoms with van der Waals surface area (Å²) in [5, 5.41) is 4.16. The van der Waals surface area contributed by atoms with Crippen LogP contribution in [0.2, 0.25) is 0 Å². The topological polar surface area (TPSA) is 38.3 Å². The summed E-state index contributed by atoms with van der Waals surface area (Å²) in [5.41, 5.74) is 2.47. The van der Waals surface area contributed by atoms with Gasteiger partial charge in [-0.3, -0.25) is 4.79 Å². The molecule has 3 nitrogen and oxygen atoms in total. The average Bonchev–Trinajstić information content (AvgIpc) is 2.71. The van der Waals surface area contributed by atoms with E-state index in [-0.39, 0.29) is 24.0 Å². The van der Waals surface area contributed by atoms with Gasteiger partial charge in [0.05, 0.1) is 5.92 Å². The smallest absolute Gasteiger partial charge is 0.309 e. The molecule has 1 aliphatic carbocycles. The fourth-order valence-electron chi connectivity index (χ4n) is 3.87. The Morgan fingerprint density at radius 2 is 1.74 bits per heavy atom. The molecule has 0 saturated heterocycles. The highest BCUT2D eigenvalue weighted by molar-refractivity contribution is 7.99. The molecule has 3 rings (SSSR count). The van der Waals surface area contributed by atoms with Crippen molar-refractivity contribution in [1.29, 1.82) is 0 Å². The number of rotatable bonds is 12. The van der Waals surface area contributed by atoms with E-state index in [2.05, 4.69) is 80.7 Å². The fourth-order valence-corrected chi connectivity index (χ4v) is 4.71. The van der Waals surface area contributed by atoms with E-state index in [1.54, 1.807) is 0 Å². The molecule has 1 fully saturated rings. The number of unbranched alkanes of at least 4 members (excludes halogenated alkanes) is 1. The molecule has 0 radical (unpaired) electrons. The Labute approximate surface area is 192 Å². The number of aryl methyl sites for hydroxylation is 1. The summed E-state index contributed by atoms with van der Waals surface area (Å²) >= 11 is 1.85. The van der Waals surface area contributed by atoms with Crippen LogP contribution in [0.5, 0.6) is 0 Å². The number of thioether (sulfide) groups is 1. The molecule has 0 spiro atoms. The van der Waals surface area contributed by atoms with Gasteiger partial charge >= 0.3 is 5.97 Å². The monoisotopic (exact) mass is 439 g/mol. The van der Waals surface area contributed by atoms with Gasteiger partial charge in [-0.05, 0) is 68.8 Å². The van der Waals surface area contributed by atoms with Crippen LogP contribution < -0.4 is 5.32 Å². The summed E-state index contributed by atoms with van der Waals surface area (Å²) < 4.78 is 6.04. The van der Waals surface area contributed by atoms with Gasteiger partial charge in [0.2, 0.25) is 0 Å². The number of carbonyl (C=O) groups excluding carboxylic acids is 1. The molecule has 1 aliphatic rings. The summed E-state index contributed by atoms with van der Waals surface area (Å²) in [6.45, 7) is 7.45. The van der Waals surface area contributed by atoms with Crippen molar-refractivity contribution in [2.24, 2.45) is 5.92 Å². The molecule has 0 amide bonds. The zero-order valence-corrected chi connectivity index (χ0v) is 20.0. The molecule has 1 N–H and O–H groups in total. The number of esters is 1. The maximum Gasteiger partial charge on any atom is 0.309 e. The Morgan fingerprint density at radius 3 is 2.35 bits per heavy atom. The van der Waals surface area contributed by atoms with Crippen molar-refractivity contribution in [3.8, 4) is 0 Å². The van der Waals surface area contributed by atoms with E-state index in [4.69, 9.17) is 4.74 Å². The van der Waals surface area contributed by atoms with E-state index in [0.29, 0.717) is 5.25 Å². The summed E-state index contributed by atoms with van der Waals surface area (Å²) in [4.78, 5) is 13.9. The van der Waals surface area contributed by atoms with E-state index < -0.39 is 0 Å². The lowest BCUT2D eigenvalue weighted by Gasteiger charge is -2.30. The Balaban J connectivity index is 1.55. The highest BCUT2D eigenvalue weighted by atomic mass is 32.2. The minimum absolute atomic E-state index is 0.0328. The van der Waals surface area contributed by atoms with Crippen LogP contribution in [0.4, 0.5) is 0 Å². The highest BCUT2D eigenvalue weighted by Crippen LogP contribution is 2.32. The quantitative estimate of drug-likeness (QED) is 0.230. The normalized spacial score (nSPS) is 16.0. The third-order valence-corrected chi connectivity index (χ3v) is 6.93. The first-order chi connectivity index (χ1) is 15.0. The number of benzene rings is 2. The Hall–Kier alpha value is -1.78. The third kappa shape index (κ3) is 7.69. The zero-order valence-electron chi connectivity index (χ0n) is 19.2. The van der Waals surface area contributed by atoms with Crippen molar-refractivity contribution in [3.63, 3.8) is 0 Å². The minimum atomic E-state index is -0.250. The van der Waals surface area contributed by atoms with Crippen LogP contribution in [-0.4, -0.2) is 23.8 Å². The first kappa shape index (κ1) is 23.9. The summed E-state index contributed by atoms with van der Waals surface area (Å²) in [6, 6.07) is 19.3. The molecule has 1 saturated carbocycles. The van der Waals surface area contributed by atoms with Crippen molar-refractivity contribution in [3.05, 3.63) is 65.7 Å². The van der Waals surface area contributed by atoms with Gasteiger partial charge in [-0.15, -0.1) is 11.8 Å². The number of carbonyl (C=O) groups is 1. The van der Waals surface area contributed by atoms with Crippen LogP contribution in [0, 0.1) is 5.92 Å². The lowest BCUT2D eigenvalue weighted by Crippen LogP contribution is -2.37. The first-order valence-corrected chi connectivity index (χ1v) is 12.7. The molecule has 0 aliphatic heterocycles. The van der Waals surface area contributed by atoms with Crippen molar-refractivity contribution in [2.75, 3.05) is 6.54 Å². The van der Waals surface area contributed by atoms with Gasteiger partial charge in [-0.25, -0.2) is 0 Å². The molecule has 2 aromatic rings. The summed E-state index contributed by atoms with van der Waals surface area (Å²) in [6.07, 6.45) is 6.19. The maximum absolute atomic E-state index is 12.6. The van der Waals surface area contributed by atoms with Crippen LogP contribution >= 0.6 is 11.8 Å². The van der Waals surface area contributed by atoms with E-state index in [0.717, 1.165) is 50.6 Å². The van der Waals surface area contributed by atoms with Gasteiger partial charge in [0.15, 0.2) is 0 Å². The summed E-state index contributed by atoms with van der Waals surface area (Å²) in [7, 11) is 0. The number of hydrogen-bond donors (Lipinski definition) is 1. The lowest BCUT2D eigenvalue weighted by atomic mass is 9.85. The second-order valence-corrected chi connectivity index (χ2v) is 10.6. The van der Waals surface area contributed by atoms with Crippen LogP contribution in [0.15, 0.2) is 59.5 Å². The van der Waals surface area contributed by atoms with Gasteiger partial charge < -0.3 is 10.1 Å². The van der Waals surface area contributed by atoms with Crippen molar-refractivity contribution in [2.45, 2.75) is 81.6 Å². The van der Waals surface area contributed by atoms with Gasteiger partial charge in [0.25, 0.3) is 0 Å². The van der Waals surface area contributed by atoms with Gasteiger partial charge in [-0.2, -0.15) is 0 Å². The molecular weight excluding hydrogens is 402 g/mol. The van der Waals surface area contributed by atoms with Crippen molar-refractivity contribution >= 4 is 17.7 Å². The Morgan fingerprint density at radius 1 is 1.03 bits per heavy atom. The number of nitrogens with one attached hydrogen (secondary N) is 1. The van der Waals surface area contributed by atoms with E-state index in [1.165, 1.54) is 10.5 Å². The molecule has 4 heteroatoms. The zero-order chi connectivity index (χ0) is 22.1. The second kappa shape index (κ2) is 12.3. The van der Waals surface area contributed by atoms with Gasteiger partial charge in [0, 0.05) is 16.2 Å². The SMILES string of the molecule is CC(C)Sc1ccc(C(OC(=O)C2CCC2)C(C)NCCCCc2ccccc2)cc1. The molecule has 31 heavy (non-hydrogen) atoms. The van der Waals surface area contributed by atoms with Crippen LogP contribution in [0.1, 0.15) is 70.1 Å². The third-order valence-electron chi connectivity index (χ3n) is 5.92. The van der Waals surface area contributed by atoms with Crippen LogP contribution in [0.25, 0.3) is 0 Å². The Kier molecular flexibility index (Phi) is 9.48. The standard InChI is InChI=1S/C27H37NO2S/c1-20(2)31-25-17-15-23(16-18-25)26(30-27(29)24-13-9-14-24)21(3)28-19-8-7-12-22-10-5-4-6-11-22/h4-6,10-11,15-18,20-21,24,26,28H,7-9,12-14,19H2,1-3H3. The predicted octanol–water partition coefficient (Wildman–Crippen LogP) is 6.57. The largest absolute Gasteiger partial charge is 0.456 e. The van der Waals surface area contributed by atoms with E-state index in [9.17, 15) is 4.79 Å². The van der Waals surface area contributed by atoms with Gasteiger partial charge in [0.1, 0.15) is 6.10 Å². The maximum atomic E-state index is 12.6. The average molecular weight is 440 g/mol. The van der Waals surface area contributed by atoms with E-state index >= 15 is 0 Å². The molecule has 0 bridgehead atoms. The highest BCUT2D eigenvalue weighted by Gasteiger charge is 2.31. The van der Waals surface area contributed by atoms with Crippen LogP contribution in [-0.2, 0) is 16.0 Å². The molecule has 2 atom stereocenters. The molecular formula is C27H37NO2S. The van der Waals surface area contributed by atoms with Gasteiger partial charge in [-0.1, -0.05) is 62.7 Å². The minimum Gasteiger partial charge on any atom is -0.456 e. The number of ether oxygens (including phenoxy) is 1. The van der Waals surface area contributed by atoms with Crippen LogP contribution in [0.3, 0.4) is 0 Å². The molecule has 2 aromatic carbocycles. The second-order valence-electron chi connectivity index (χ2n) is 8.91. The summed E-state index contributed by atoms with van der Waals surface area (Å²) in [5.74, 6) is 0.0611. The molecule has 0 heterocycles. The predicted molar refractivity (Wildman–Crippen MR) is 130 cm³/mol. The van der Waals surface area contributed by atoms with Crippen molar-refractivity contribution in [1.82, 2.24) is 5.32 Å². The molecule has 2 unspecified atom stereocenters. The first-order valence-electron chi connectivity index (χ1n) is 11.8. The fraction of sp³-hybridized carbons (Fsp3) is 0.519. The molecule has 168 valence electrons. The number of hydrogen-bond acceptors (Lipinski definition) is 4. The van der Waals surface area contributed by atoms with Crippen molar-refractivity contribution < 1.29 is 9.53 Å². The molecule has 0 aromatic heterocycles. The van der Waals surface area contributed by atoms with E-state index in [1.807, 2.05) is 11.8 Å². The Bertz CT molecular complexity index is 787.